The van der Waals surface area contributed by atoms with Gasteiger partial charge in [0.05, 0.1) is 10.3 Å². The van der Waals surface area contributed by atoms with Gasteiger partial charge in [0.25, 0.3) is 0 Å². The first-order chi connectivity index (χ1) is 7.06. The van der Waals surface area contributed by atoms with Crippen LogP contribution in [-0.4, -0.2) is 15.4 Å². The van der Waals surface area contributed by atoms with Crippen molar-refractivity contribution in [2.75, 3.05) is 5.33 Å². The van der Waals surface area contributed by atoms with Crippen molar-refractivity contribution >= 4 is 21.6 Å². The molecule has 1 aromatic rings. The molecule has 0 radical (unpaired) electrons. The molecule has 0 saturated carbocycles. The van der Waals surface area contributed by atoms with Crippen LogP contribution in [0.3, 0.4) is 0 Å². The number of phenols is 1. The highest BCUT2D eigenvalue weighted by atomic mass is 79.9. The molecular weight excluding hydrogens is 269 g/mol. The highest BCUT2D eigenvalue weighted by Gasteiger charge is 2.18. The molecule has 1 aromatic carbocycles. The van der Waals surface area contributed by atoms with E-state index in [4.69, 9.17) is 5.11 Å². The Kier molecular flexibility index (Phi) is 3.63. The number of hydrogen-bond donors (Lipinski definition) is 1. The number of alkyl halides is 1. The number of benzene rings is 1. The predicted octanol–water partition coefficient (Wildman–Crippen LogP) is 2.19. The summed E-state index contributed by atoms with van der Waals surface area (Å²) in [5, 5.41) is 19.8. The Bertz CT molecular complexity index is 464. The Balaban J connectivity index is 3.29. The van der Waals surface area contributed by atoms with Crippen molar-refractivity contribution in [1.29, 1.82) is 0 Å². The van der Waals surface area contributed by atoms with Crippen molar-refractivity contribution in [2.24, 2.45) is 0 Å². The molecule has 0 aromatic heterocycles. The van der Waals surface area contributed by atoms with E-state index in [0.29, 0.717) is 5.33 Å². The molecule has 0 fully saturated rings. The van der Waals surface area contributed by atoms with E-state index in [1.165, 1.54) is 0 Å². The molecule has 6 heteroatoms. The lowest BCUT2D eigenvalue weighted by Gasteiger charge is -1.98. The normalized spacial score (nSPS) is 9.20. The second-order valence-electron chi connectivity index (χ2n) is 2.52. The quantitative estimate of drug-likeness (QED) is 0.369. The van der Waals surface area contributed by atoms with Crippen LogP contribution < -0.4 is 0 Å². The molecule has 1 N–H and O–H groups in total. The predicted molar refractivity (Wildman–Crippen MR) is 55.4 cm³/mol. The first-order valence-electron chi connectivity index (χ1n) is 3.78. The van der Waals surface area contributed by atoms with E-state index in [1.807, 2.05) is 0 Å². The maximum atomic E-state index is 13.0. The summed E-state index contributed by atoms with van der Waals surface area (Å²) in [6.45, 7) is 0. The minimum absolute atomic E-state index is 0.149. The average Bonchev–Trinajstić information content (AvgIpc) is 2.19. The molecule has 0 atom stereocenters. The molecule has 0 aliphatic heterocycles. The van der Waals surface area contributed by atoms with E-state index < -0.39 is 22.2 Å². The lowest BCUT2D eigenvalue weighted by Crippen LogP contribution is -1.92. The Morgan fingerprint density at radius 2 is 2.27 bits per heavy atom. The summed E-state index contributed by atoms with van der Waals surface area (Å²) in [5.41, 5.74) is -0.537. The number of nitrogens with zero attached hydrogens (tertiary/aromatic N) is 1. The highest BCUT2D eigenvalue weighted by molar-refractivity contribution is 9.09. The molecule has 78 valence electrons. The number of phenolic OH excluding ortho intramolecular Hbond substituents is 1. The van der Waals surface area contributed by atoms with Crippen molar-refractivity contribution in [2.45, 2.75) is 0 Å². The fourth-order valence-corrected chi connectivity index (χ4v) is 1.07. The van der Waals surface area contributed by atoms with Gasteiger partial charge in [-0.15, -0.1) is 0 Å². The van der Waals surface area contributed by atoms with Crippen molar-refractivity contribution in [3.63, 3.8) is 0 Å². The Labute approximate surface area is 93.0 Å². The minimum Gasteiger partial charge on any atom is -0.500 e. The SMILES string of the molecule is O=[N+]([O-])c1cc(C#CCBr)cc(F)c1O. The molecule has 1 rings (SSSR count). The van der Waals surface area contributed by atoms with Gasteiger partial charge in [-0.1, -0.05) is 27.8 Å². The molecule has 0 spiro atoms. The van der Waals surface area contributed by atoms with Crippen LogP contribution in [0.15, 0.2) is 12.1 Å². The number of aromatic hydroxyl groups is 1. The van der Waals surface area contributed by atoms with E-state index in [1.54, 1.807) is 0 Å². The number of rotatable bonds is 1. The lowest BCUT2D eigenvalue weighted by atomic mass is 10.2. The van der Waals surface area contributed by atoms with Crippen LogP contribution in [0.4, 0.5) is 10.1 Å². The van der Waals surface area contributed by atoms with Crippen molar-refractivity contribution < 1.29 is 14.4 Å². The molecule has 0 aliphatic rings. The zero-order valence-electron chi connectivity index (χ0n) is 7.33. The summed E-state index contributed by atoms with van der Waals surface area (Å²) in [5.74, 6) is 3.06. The van der Waals surface area contributed by atoms with Gasteiger partial charge in [0.2, 0.25) is 5.75 Å². The van der Waals surface area contributed by atoms with Gasteiger partial charge in [-0.2, -0.15) is 0 Å². The summed E-state index contributed by atoms with van der Waals surface area (Å²) in [7, 11) is 0. The third-order valence-electron chi connectivity index (χ3n) is 1.54. The standard InChI is InChI=1S/C9H5BrFNO3/c10-3-1-2-6-4-7(11)9(13)8(5-6)12(14)15/h4-5,13H,3H2. The Hall–Kier alpha value is -1.61. The maximum Gasteiger partial charge on any atom is 0.315 e. The molecule has 0 aliphatic carbocycles. The highest BCUT2D eigenvalue weighted by Crippen LogP contribution is 2.29. The summed E-state index contributed by atoms with van der Waals surface area (Å²) in [6.07, 6.45) is 0. The van der Waals surface area contributed by atoms with Gasteiger partial charge in [-0.05, 0) is 6.07 Å². The fraction of sp³-hybridized carbons (Fsp3) is 0.111. The molecule has 0 bridgehead atoms. The summed E-state index contributed by atoms with van der Waals surface area (Å²) >= 11 is 3.04. The van der Waals surface area contributed by atoms with Crippen LogP contribution in [0.5, 0.6) is 5.75 Å². The lowest BCUT2D eigenvalue weighted by molar-refractivity contribution is -0.386. The van der Waals surface area contributed by atoms with E-state index >= 15 is 0 Å². The first kappa shape index (κ1) is 11.5. The second kappa shape index (κ2) is 4.75. The van der Waals surface area contributed by atoms with Crippen LogP contribution in [0, 0.1) is 27.8 Å². The molecule has 0 amide bonds. The van der Waals surface area contributed by atoms with Crippen LogP contribution in [0.25, 0.3) is 0 Å². The molecule has 0 unspecified atom stereocenters. The largest absolute Gasteiger partial charge is 0.500 e. The number of halogens is 2. The number of hydrogen-bond acceptors (Lipinski definition) is 3. The first-order valence-corrected chi connectivity index (χ1v) is 4.90. The number of nitro benzene ring substituents is 1. The molecule has 0 heterocycles. The zero-order chi connectivity index (χ0) is 11.4. The zero-order valence-corrected chi connectivity index (χ0v) is 8.91. The second-order valence-corrected chi connectivity index (χ2v) is 3.08. The van der Waals surface area contributed by atoms with Gasteiger partial charge in [0.1, 0.15) is 0 Å². The molecule has 15 heavy (non-hydrogen) atoms. The molecular formula is C9H5BrFNO3. The van der Waals surface area contributed by atoms with E-state index in [2.05, 4.69) is 27.8 Å². The van der Waals surface area contributed by atoms with E-state index in [0.717, 1.165) is 12.1 Å². The van der Waals surface area contributed by atoms with Gasteiger partial charge < -0.3 is 5.11 Å². The number of nitro groups is 1. The van der Waals surface area contributed by atoms with Crippen LogP contribution in [0.1, 0.15) is 5.56 Å². The summed E-state index contributed by atoms with van der Waals surface area (Å²) < 4.78 is 13.0. The average molecular weight is 274 g/mol. The van der Waals surface area contributed by atoms with Crippen LogP contribution in [0.2, 0.25) is 0 Å². The molecule has 0 saturated heterocycles. The van der Waals surface area contributed by atoms with Crippen molar-refractivity contribution in [3.05, 3.63) is 33.6 Å². The monoisotopic (exact) mass is 273 g/mol. The summed E-state index contributed by atoms with van der Waals surface area (Å²) in [6, 6.07) is 1.96. The fourth-order valence-electron chi connectivity index (χ4n) is 0.931. The third-order valence-corrected chi connectivity index (χ3v) is 1.82. The van der Waals surface area contributed by atoms with Gasteiger partial charge in [-0.25, -0.2) is 4.39 Å². The Morgan fingerprint density at radius 1 is 1.60 bits per heavy atom. The van der Waals surface area contributed by atoms with Gasteiger partial charge in [0.15, 0.2) is 5.82 Å². The van der Waals surface area contributed by atoms with Crippen LogP contribution >= 0.6 is 15.9 Å². The van der Waals surface area contributed by atoms with Crippen molar-refractivity contribution in [1.82, 2.24) is 0 Å². The smallest absolute Gasteiger partial charge is 0.315 e. The maximum absolute atomic E-state index is 13.0. The van der Waals surface area contributed by atoms with Gasteiger partial charge in [-0.3, -0.25) is 10.1 Å². The van der Waals surface area contributed by atoms with E-state index in [9.17, 15) is 14.5 Å². The Morgan fingerprint density at radius 3 is 2.80 bits per heavy atom. The third kappa shape index (κ3) is 2.67. The topological polar surface area (TPSA) is 63.4 Å². The van der Waals surface area contributed by atoms with Gasteiger partial charge >= 0.3 is 5.69 Å². The summed E-state index contributed by atoms with van der Waals surface area (Å²) in [4.78, 5) is 9.56. The van der Waals surface area contributed by atoms with E-state index in [-0.39, 0.29) is 5.56 Å². The van der Waals surface area contributed by atoms with Crippen LogP contribution in [-0.2, 0) is 0 Å². The van der Waals surface area contributed by atoms with Crippen molar-refractivity contribution in [3.8, 4) is 17.6 Å². The minimum atomic E-state index is -1.05. The van der Waals surface area contributed by atoms with Gasteiger partial charge in [0, 0.05) is 11.6 Å². The molecule has 4 nitrogen and oxygen atoms in total.